The Hall–Kier alpha value is -1.28. The van der Waals surface area contributed by atoms with E-state index < -0.39 is 10.0 Å². The summed E-state index contributed by atoms with van der Waals surface area (Å²) in [5.41, 5.74) is 1.02. The van der Waals surface area contributed by atoms with Crippen LogP contribution in [-0.2, 0) is 16.6 Å². The summed E-state index contributed by atoms with van der Waals surface area (Å²) < 4.78 is 28.2. The van der Waals surface area contributed by atoms with E-state index in [4.69, 9.17) is 0 Å². The number of hydrogen-bond donors (Lipinski definition) is 1. The van der Waals surface area contributed by atoms with Crippen LogP contribution in [0.25, 0.3) is 0 Å². The molecule has 0 aromatic carbocycles. The van der Waals surface area contributed by atoms with E-state index in [1.54, 1.807) is 12.3 Å². The minimum absolute atomic E-state index is 0.0490. The number of nitrogens with zero attached hydrogens (tertiary/aromatic N) is 2. The molecule has 0 radical (unpaired) electrons. The van der Waals surface area contributed by atoms with Crippen molar-refractivity contribution in [1.29, 1.82) is 0 Å². The highest BCUT2D eigenvalue weighted by atomic mass is 32.2. The summed E-state index contributed by atoms with van der Waals surface area (Å²) in [5, 5.41) is 0. The van der Waals surface area contributed by atoms with Gasteiger partial charge >= 0.3 is 0 Å². The Morgan fingerprint density at radius 2 is 2.21 bits per heavy atom. The number of rotatable bonds is 5. The molecule has 1 atom stereocenters. The van der Waals surface area contributed by atoms with Crippen LogP contribution in [0.1, 0.15) is 28.3 Å². The number of piperidine rings is 1. The number of sulfonamides is 1. The number of nitrogens with one attached hydrogen (secondary N) is 1. The molecule has 0 aliphatic carbocycles. The van der Waals surface area contributed by atoms with Gasteiger partial charge in [-0.05, 0) is 51.4 Å². The van der Waals surface area contributed by atoms with Gasteiger partial charge in [-0.15, -0.1) is 11.3 Å². The van der Waals surface area contributed by atoms with Crippen LogP contribution in [0.5, 0.6) is 0 Å². The van der Waals surface area contributed by atoms with Gasteiger partial charge in [0, 0.05) is 35.1 Å². The molecule has 2 aromatic heterocycles. The molecule has 3 heterocycles. The lowest BCUT2D eigenvalue weighted by Gasteiger charge is -2.32. The van der Waals surface area contributed by atoms with Gasteiger partial charge in [-0.25, -0.2) is 13.1 Å². The molecular weight excluding hydrogens is 342 g/mol. The molecule has 2 aromatic rings. The summed E-state index contributed by atoms with van der Waals surface area (Å²) in [7, 11) is -3.45. The average molecular weight is 366 g/mol. The molecule has 3 rings (SSSR count). The van der Waals surface area contributed by atoms with Crippen molar-refractivity contribution in [3.05, 3.63) is 45.9 Å². The molecule has 1 saturated heterocycles. The quantitative estimate of drug-likeness (QED) is 0.885. The molecule has 0 amide bonds. The second-order valence-electron chi connectivity index (χ2n) is 6.29. The van der Waals surface area contributed by atoms with Crippen LogP contribution in [0.15, 0.2) is 35.4 Å². The van der Waals surface area contributed by atoms with Gasteiger partial charge in [0.15, 0.2) is 0 Å². The van der Waals surface area contributed by atoms with Gasteiger partial charge in [0.1, 0.15) is 0 Å². The summed E-state index contributed by atoms with van der Waals surface area (Å²) in [6.45, 7) is 6.26. The van der Waals surface area contributed by atoms with Crippen LogP contribution in [0.4, 0.5) is 0 Å². The Morgan fingerprint density at radius 3 is 2.88 bits per heavy atom. The van der Waals surface area contributed by atoms with Gasteiger partial charge in [0.05, 0.1) is 10.6 Å². The Bertz CT molecular complexity index is 787. The molecule has 24 heavy (non-hydrogen) atoms. The van der Waals surface area contributed by atoms with Crippen molar-refractivity contribution >= 4 is 21.4 Å². The van der Waals surface area contributed by atoms with Crippen molar-refractivity contribution < 1.29 is 8.42 Å². The zero-order chi connectivity index (χ0) is 17.2. The van der Waals surface area contributed by atoms with Crippen molar-refractivity contribution in [2.75, 3.05) is 13.1 Å². The van der Waals surface area contributed by atoms with Crippen molar-refractivity contribution in [3.63, 3.8) is 0 Å². The first-order valence-electron chi connectivity index (χ1n) is 8.16. The van der Waals surface area contributed by atoms with Gasteiger partial charge in [-0.3, -0.25) is 9.88 Å². The molecule has 0 unspecified atom stereocenters. The molecule has 1 fully saturated rings. The number of aryl methyl sites for hydroxylation is 2. The smallest absolute Gasteiger partial charge is 0.241 e. The van der Waals surface area contributed by atoms with Gasteiger partial charge in [0.2, 0.25) is 10.0 Å². The molecular formula is C17H23N3O2S2. The molecule has 1 aliphatic rings. The van der Waals surface area contributed by atoms with Crippen molar-refractivity contribution in [2.24, 2.45) is 0 Å². The lowest BCUT2D eigenvalue weighted by atomic mass is 10.1. The number of likely N-dealkylation sites (tertiary alicyclic amines) is 1. The highest BCUT2D eigenvalue weighted by Crippen LogP contribution is 2.25. The second-order valence-corrected chi connectivity index (χ2v) is 9.44. The maximum atomic E-state index is 12.7. The Balaban J connectivity index is 1.66. The Morgan fingerprint density at radius 1 is 1.38 bits per heavy atom. The van der Waals surface area contributed by atoms with Gasteiger partial charge in [-0.2, -0.15) is 0 Å². The maximum Gasteiger partial charge on any atom is 0.241 e. The lowest BCUT2D eigenvalue weighted by molar-refractivity contribution is 0.192. The Labute approximate surface area is 147 Å². The minimum Gasteiger partial charge on any atom is -0.296 e. The fraction of sp³-hybridized carbons (Fsp3) is 0.471. The third-order valence-electron chi connectivity index (χ3n) is 4.22. The van der Waals surface area contributed by atoms with E-state index in [1.165, 1.54) is 11.3 Å². The topological polar surface area (TPSA) is 62.3 Å². The van der Waals surface area contributed by atoms with Crippen LogP contribution in [0, 0.1) is 13.8 Å². The van der Waals surface area contributed by atoms with Crippen LogP contribution in [-0.4, -0.2) is 37.4 Å². The van der Waals surface area contributed by atoms with Gasteiger partial charge in [0.25, 0.3) is 0 Å². The minimum atomic E-state index is -3.45. The zero-order valence-electron chi connectivity index (χ0n) is 14.0. The molecule has 7 heteroatoms. The van der Waals surface area contributed by atoms with Crippen LogP contribution in [0.3, 0.4) is 0 Å². The van der Waals surface area contributed by atoms with E-state index >= 15 is 0 Å². The highest BCUT2D eigenvalue weighted by molar-refractivity contribution is 7.89. The number of aromatic nitrogens is 1. The van der Waals surface area contributed by atoms with E-state index in [0.29, 0.717) is 4.90 Å². The summed E-state index contributed by atoms with van der Waals surface area (Å²) >= 11 is 1.52. The number of hydrogen-bond acceptors (Lipinski definition) is 5. The average Bonchev–Trinajstić information content (AvgIpc) is 2.88. The molecule has 0 bridgehead atoms. The molecule has 5 nitrogen and oxygen atoms in total. The van der Waals surface area contributed by atoms with E-state index in [9.17, 15) is 8.42 Å². The normalized spacial score (nSPS) is 19.5. The van der Waals surface area contributed by atoms with Gasteiger partial charge < -0.3 is 0 Å². The van der Waals surface area contributed by atoms with Crippen LogP contribution < -0.4 is 4.72 Å². The second kappa shape index (κ2) is 7.31. The highest BCUT2D eigenvalue weighted by Gasteiger charge is 2.27. The predicted molar refractivity (Wildman–Crippen MR) is 96.7 cm³/mol. The molecule has 1 N–H and O–H groups in total. The Kier molecular flexibility index (Phi) is 5.34. The standard InChI is InChI=1S/C17H23N3O2S2/c1-13-10-17(14(2)23-13)24(21,22)19-16-7-5-9-20(12-16)11-15-6-3-4-8-18-15/h3-4,6,8,10,16,19H,5,7,9,11-12H2,1-2H3/t16-/m1/s1. The first-order valence-corrected chi connectivity index (χ1v) is 10.5. The predicted octanol–water partition coefficient (Wildman–Crippen LogP) is 2.70. The largest absolute Gasteiger partial charge is 0.296 e. The molecule has 0 saturated carbocycles. The summed E-state index contributed by atoms with van der Waals surface area (Å²) in [5.74, 6) is 0. The van der Waals surface area contributed by atoms with Crippen LogP contribution >= 0.6 is 11.3 Å². The molecule has 0 spiro atoms. The van der Waals surface area contributed by atoms with Crippen molar-refractivity contribution in [1.82, 2.24) is 14.6 Å². The SMILES string of the molecule is Cc1cc(S(=O)(=O)N[C@@H]2CCCN(Cc3ccccn3)C2)c(C)s1. The van der Waals surface area contributed by atoms with Crippen molar-refractivity contribution in [2.45, 2.75) is 44.2 Å². The molecule has 1 aliphatic heterocycles. The summed E-state index contributed by atoms with van der Waals surface area (Å²) in [6.07, 6.45) is 3.66. The van der Waals surface area contributed by atoms with Crippen LogP contribution in [0.2, 0.25) is 0 Å². The maximum absolute atomic E-state index is 12.7. The number of pyridine rings is 1. The van der Waals surface area contributed by atoms with Crippen molar-refractivity contribution in [3.8, 4) is 0 Å². The number of thiophene rings is 1. The van der Waals surface area contributed by atoms with E-state index in [2.05, 4.69) is 14.6 Å². The summed E-state index contributed by atoms with van der Waals surface area (Å²) in [4.78, 5) is 8.92. The van der Waals surface area contributed by atoms with E-state index in [1.807, 2.05) is 32.0 Å². The third-order valence-corrected chi connectivity index (χ3v) is 6.97. The van der Waals surface area contributed by atoms with E-state index in [0.717, 1.165) is 47.9 Å². The fourth-order valence-electron chi connectivity index (χ4n) is 3.17. The van der Waals surface area contributed by atoms with Gasteiger partial charge in [-0.1, -0.05) is 6.07 Å². The monoisotopic (exact) mass is 365 g/mol. The van der Waals surface area contributed by atoms with E-state index in [-0.39, 0.29) is 6.04 Å². The first-order chi connectivity index (χ1) is 11.4. The fourth-order valence-corrected chi connectivity index (χ4v) is 5.99. The third kappa shape index (κ3) is 4.22. The summed E-state index contributed by atoms with van der Waals surface area (Å²) in [6, 6.07) is 7.60. The first kappa shape index (κ1) is 17.5. The lowest BCUT2D eigenvalue weighted by Crippen LogP contribution is -2.47. The molecule has 130 valence electrons. The zero-order valence-corrected chi connectivity index (χ0v) is 15.7.